The topological polar surface area (TPSA) is 37.3 Å². The zero-order valence-corrected chi connectivity index (χ0v) is 14.4. The second kappa shape index (κ2) is 6.75. The van der Waals surface area contributed by atoms with Crippen LogP contribution in [-0.2, 0) is 11.3 Å². The molecule has 0 spiro atoms. The van der Waals surface area contributed by atoms with E-state index in [0.29, 0.717) is 18.6 Å². The van der Waals surface area contributed by atoms with Crippen molar-refractivity contribution in [1.82, 2.24) is 14.8 Å². The number of carbonyl (C=O) groups excluding carboxylic acids is 1. The lowest BCUT2D eigenvalue weighted by molar-refractivity contribution is -0.122. The van der Waals surface area contributed by atoms with Crippen molar-refractivity contribution in [2.24, 2.45) is 0 Å². The van der Waals surface area contributed by atoms with Crippen LogP contribution in [0.15, 0.2) is 30.5 Å². The monoisotopic (exact) mass is 313 g/mol. The Balaban J connectivity index is 1.59. The van der Waals surface area contributed by atoms with Crippen LogP contribution in [-0.4, -0.2) is 40.5 Å². The van der Waals surface area contributed by atoms with Crippen LogP contribution in [0, 0.1) is 6.92 Å². The Morgan fingerprint density at radius 2 is 1.96 bits per heavy atom. The molecule has 23 heavy (non-hydrogen) atoms. The Morgan fingerprint density at radius 1 is 1.26 bits per heavy atom. The van der Waals surface area contributed by atoms with Crippen molar-refractivity contribution in [3.63, 3.8) is 0 Å². The Kier molecular flexibility index (Phi) is 4.71. The smallest absolute Gasteiger partial charge is 0.240 e. The number of amides is 1. The van der Waals surface area contributed by atoms with Crippen molar-refractivity contribution in [3.8, 4) is 0 Å². The van der Waals surface area contributed by atoms with Gasteiger partial charge in [-0.1, -0.05) is 18.2 Å². The molecule has 2 heterocycles. The molecule has 1 aliphatic rings. The molecular formula is C19H27N3O. The van der Waals surface area contributed by atoms with E-state index >= 15 is 0 Å². The summed E-state index contributed by atoms with van der Waals surface area (Å²) in [7, 11) is 0. The second-order valence-corrected chi connectivity index (χ2v) is 6.93. The van der Waals surface area contributed by atoms with Gasteiger partial charge in [-0.15, -0.1) is 0 Å². The summed E-state index contributed by atoms with van der Waals surface area (Å²) in [6.45, 7) is 9.12. The van der Waals surface area contributed by atoms with Crippen LogP contribution in [0.3, 0.4) is 0 Å². The average Bonchev–Trinajstić information content (AvgIpc) is 2.84. The molecule has 0 saturated carbocycles. The van der Waals surface area contributed by atoms with Gasteiger partial charge in [0.15, 0.2) is 0 Å². The highest BCUT2D eigenvalue weighted by Gasteiger charge is 2.22. The van der Waals surface area contributed by atoms with E-state index in [1.54, 1.807) is 0 Å². The second-order valence-electron chi connectivity index (χ2n) is 6.93. The minimum atomic E-state index is 0.119. The highest BCUT2D eigenvalue weighted by Crippen LogP contribution is 2.20. The standard InChI is InChI=1S/C19H27N3O/c1-14(2)21-10-8-16(9-11-21)20-19(23)13-22-12-15(3)17-6-4-5-7-18(17)22/h4-7,12,14,16H,8-11,13H2,1-3H3,(H,20,23). The van der Waals surface area contributed by atoms with E-state index in [1.807, 2.05) is 12.1 Å². The SMILES string of the molecule is Cc1cn(CC(=O)NC2CCN(C(C)C)CC2)c2ccccc12. The van der Waals surface area contributed by atoms with Gasteiger partial charge in [0, 0.05) is 42.3 Å². The van der Waals surface area contributed by atoms with Gasteiger partial charge in [-0.05, 0) is 45.2 Å². The van der Waals surface area contributed by atoms with Crippen LogP contribution < -0.4 is 5.32 Å². The van der Waals surface area contributed by atoms with Crippen LogP contribution >= 0.6 is 0 Å². The van der Waals surface area contributed by atoms with Crippen LogP contribution in [0.5, 0.6) is 0 Å². The molecule has 0 radical (unpaired) electrons. The quantitative estimate of drug-likeness (QED) is 0.942. The lowest BCUT2D eigenvalue weighted by Gasteiger charge is -2.34. The zero-order chi connectivity index (χ0) is 16.4. The predicted octanol–water partition coefficient (Wildman–Crippen LogP) is 2.94. The average molecular weight is 313 g/mol. The molecule has 1 fully saturated rings. The van der Waals surface area contributed by atoms with Gasteiger partial charge >= 0.3 is 0 Å². The molecule has 1 N–H and O–H groups in total. The number of carbonyl (C=O) groups is 1. The van der Waals surface area contributed by atoms with E-state index in [2.05, 4.69) is 53.9 Å². The minimum absolute atomic E-state index is 0.119. The summed E-state index contributed by atoms with van der Waals surface area (Å²) < 4.78 is 2.06. The van der Waals surface area contributed by atoms with Crippen molar-refractivity contribution in [2.45, 2.75) is 52.2 Å². The van der Waals surface area contributed by atoms with Crippen LogP contribution in [0.1, 0.15) is 32.3 Å². The van der Waals surface area contributed by atoms with Crippen molar-refractivity contribution in [2.75, 3.05) is 13.1 Å². The number of likely N-dealkylation sites (tertiary alicyclic amines) is 1. The molecule has 0 aliphatic carbocycles. The molecule has 4 nitrogen and oxygen atoms in total. The molecule has 1 aromatic carbocycles. The number of rotatable bonds is 4. The number of fused-ring (bicyclic) bond motifs is 1. The number of nitrogens with one attached hydrogen (secondary N) is 1. The van der Waals surface area contributed by atoms with E-state index < -0.39 is 0 Å². The van der Waals surface area contributed by atoms with Gasteiger partial charge in [-0.2, -0.15) is 0 Å². The Hall–Kier alpha value is -1.81. The van der Waals surface area contributed by atoms with Gasteiger partial charge in [0.05, 0.1) is 0 Å². The summed E-state index contributed by atoms with van der Waals surface area (Å²) in [5, 5.41) is 4.44. The van der Waals surface area contributed by atoms with Crippen LogP contribution in [0.2, 0.25) is 0 Å². The fraction of sp³-hybridized carbons (Fsp3) is 0.526. The summed E-state index contributed by atoms with van der Waals surface area (Å²) in [5.41, 5.74) is 2.36. The maximum atomic E-state index is 12.4. The van der Waals surface area contributed by atoms with Crippen LogP contribution in [0.25, 0.3) is 10.9 Å². The van der Waals surface area contributed by atoms with Gasteiger partial charge in [0.1, 0.15) is 6.54 Å². The highest BCUT2D eigenvalue weighted by molar-refractivity contribution is 5.86. The number of aromatic nitrogens is 1. The Bertz CT molecular complexity index is 681. The maximum absolute atomic E-state index is 12.4. The number of hydrogen-bond acceptors (Lipinski definition) is 2. The normalized spacial score (nSPS) is 17.0. The Morgan fingerprint density at radius 3 is 2.65 bits per heavy atom. The molecule has 4 heteroatoms. The first kappa shape index (κ1) is 16.1. The third-order valence-corrected chi connectivity index (χ3v) is 4.93. The first-order valence-corrected chi connectivity index (χ1v) is 8.62. The number of piperidine rings is 1. The first-order chi connectivity index (χ1) is 11.0. The fourth-order valence-corrected chi connectivity index (χ4v) is 3.55. The molecule has 2 aromatic rings. The van der Waals surface area contributed by atoms with Gasteiger partial charge in [0.2, 0.25) is 5.91 Å². The van der Waals surface area contributed by atoms with E-state index in [9.17, 15) is 4.79 Å². The largest absolute Gasteiger partial charge is 0.352 e. The number of hydrogen-bond donors (Lipinski definition) is 1. The summed E-state index contributed by atoms with van der Waals surface area (Å²) in [4.78, 5) is 14.9. The molecule has 0 atom stereocenters. The van der Waals surface area contributed by atoms with Crippen molar-refractivity contribution in [1.29, 1.82) is 0 Å². The van der Waals surface area contributed by atoms with Crippen molar-refractivity contribution in [3.05, 3.63) is 36.0 Å². The van der Waals surface area contributed by atoms with Gasteiger partial charge in [0.25, 0.3) is 0 Å². The van der Waals surface area contributed by atoms with Crippen molar-refractivity contribution < 1.29 is 4.79 Å². The lowest BCUT2D eigenvalue weighted by atomic mass is 10.0. The third kappa shape index (κ3) is 3.58. The highest BCUT2D eigenvalue weighted by atomic mass is 16.2. The lowest BCUT2D eigenvalue weighted by Crippen LogP contribution is -2.47. The number of aryl methyl sites for hydroxylation is 1. The maximum Gasteiger partial charge on any atom is 0.240 e. The molecule has 0 bridgehead atoms. The number of nitrogens with zero attached hydrogens (tertiary/aromatic N) is 2. The predicted molar refractivity (Wildman–Crippen MR) is 94.5 cm³/mol. The number of benzene rings is 1. The van der Waals surface area contributed by atoms with Crippen molar-refractivity contribution >= 4 is 16.8 Å². The summed E-state index contributed by atoms with van der Waals surface area (Å²) >= 11 is 0. The molecular weight excluding hydrogens is 286 g/mol. The van der Waals surface area contributed by atoms with E-state index in [1.165, 1.54) is 10.9 Å². The molecule has 1 amide bonds. The van der Waals surface area contributed by atoms with Gasteiger partial charge in [-0.25, -0.2) is 0 Å². The molecule has 1 saturated heterocycles. The Labute approximate surface area is 138 Å². The minimum Gasteiger partial charge on any atom is -0.352 e. The van der Waals surface area contributed by atoms with Gasteiger partial charge < -0.3 is 14.8 Å². The first-order valence-electron chi connectivity index (χ1n) is 8.62. The van der Waals surface area contributed by atoms with Crippen LogP contribution in [0.4, 0.5) is 0 Å². The number of para-hydroxylation sites is 1. The fourth-order valence-electron chi connectivity index (χ4n) is 3.55. The zero-order valence-electron chi connectivity index (χ0n) is 14.4. The van der Waals surface area contributed by atoms with E-state index in [-0.39, 0.29) is 5.91 Å². The van der Waals surface area contributed by atoms with E-state index in [4.69, 9.17) is 0 Å². The summed E-state index contributed by atoms with van der Waals surface area (Å²) in [6, 6.07) is 9.18. The molecule has 1 aromatic heterocycles. The molecule has 0 unspecified atom stereocenters. The third-order valence-electron chi connectivity index (χ3n) is 4.93. The summed E-state index contributed by atoms with van der Waals surface area (Å²) in [6.07, 6.45) is 4.18. The molecule has 3 rings (SSSR count). The molecule has 124 valence electrons. The summed E-state index contributed by atoms with van der Waals surface area (Å²) in [5.74, 6) is 0.119. The van der Waals surface area contributed by atoms with E-state index in [0.717, 1.165) is 31.4 Å². The van der Waals surface area contributed by atoms with Gasteiger partial charge in [-0.3, -0.25) is 4.79 Å². The molecule has 1 aliphatic heterocycles.